The average Bonchev–Trinajstić information content (AvgIpc) is 2.93. The summed E-state index contributed by atoms with van der Waals surface area (Å²) in [5.41, 5.74) is 0. The Morgan fingerprint density at radius 2 is 2.16 bits per heavy atom. The molecule has 0 unspecified atom stereocenters. The lowest BCUT2D eigenvalue weighted by atomic mass is 10.4. The third-order valence-electron chi connectivity index (χ3n) is 2.42. The van der Waals surface area contributed by atoms with Crippen molar-refractivity contribution in [1.82, 2.24) is 30.5 Å². The minimum absolute atomic E-state index is 0.0885. The molecular formula is C11H15N7O. The molecule has 0 aromatic carbocycles. The predicted octanol–water partition coefficient (Wildman–Crippen LogP) is -0.610. The maximum absolute atomic E-state index is 11.7. The molecular weight excluding hydrogens is 246 g/mol. The Balaban J connectivity index is 1.72. The van der Waals surface area contributed by atoms with E-state index in [1.807, 2.05) is 0 Å². The zero-order valence-corrected chi connectivity index (χ0v) is 10.6. The van der Waals surface area contributed by atoms with Gasteiger partial charge in [-0.1, -0.05) is 0 Å². The normalized spacial score (nSPS) is 10.2. The first-order valence-corrected chi connectivity index (χ1v) is 5.85. The van der Waals surface area contributed by atoms with E-state index in [0.29, 0.717) is 18.9 Å². The second-order valence-corrected chi connectivity index (χ2v) is 3.94. The summed E-state index contributed by atoms with van der Waals surface area (Å²) in [7, 11) is 1.77. The van der Waals surface area contributed by atoms with Crippen molar-refractivity contribution < 1.29 is 4.79 Å². The lowest BCUT2D eigenvalue weighted by Crippen LogP contribution is -2.36. The number of nitrogens with one attached hydrogen (secondary N) is 2. The van der Waals surface area contributed by atoms with Crippen LogP contribution in [0, 0.1) is 0 Å². The molecule has 0 saturated carbocycles. The van der Waals surface area contributed by atoms with Crippen LogP contribution in [0.3, 0.4) is 0 Å². The summed E-state index contributed by atoms with van der Waals surface area (Å²) in [6.45, 7) is 0.720. The quantitative estimate of drug-likeness (QED) is 0.719. The van der Waals surface area contributed by atoms with E-state index in [9.17, 15) is 4.79 Å². The average molecular weight is 261 g/mol. The van der Waals surface area contributed by atoms with Crippen molar-refractivity contribution in [2.45, 2.75) is 6.42 Å². The van der Waals surface area contributed by atoms with Gasteiger partial charge < -0.3 is 10.2 Å². The van der Waals surface area contributed by atoms with Crippen LogP contribution in [0.4, 0.5) is 5.95 Å². The third-order valence-corrected chi connectivity index (χ3v) is 2.42. The van der Waals surface area contributed by atoms with Crippen LogP contribution in [0.25, 0.3) is 0 Å². The van der Waals surface area contributed by atoms with Gasteiger partial charge in [0.1, 0.15) is 12.2 Å². The van der Waals surface area contributed by atoms with Gasteiger partial charge in [0, 0.05) is 32.4 Å². The van der Waals surface area contributed by atoms with E-state index in [0.717, 1.165) is 5.82 Å². The van der Waals surface area contributed by atoms with Crippen molar-refractivity contribution in [3.63, 3.8) is 0 Å². The fourth-order valence-corrected chi connectivity index (χ4v) is 1.50. The first kappa shape index (κ1) is 12.9. The molecule has 19 heavy (non-hydrogen) atoms. The van der Waals surface area contributed by atoms with E-state index in [2.05, 4.69) is 30.5 Å². The van der Waals surface area contributed by atoms with Gasteiger partial charge in [-0.25, -0.2) is 15.0 Å². The number of amides is 1. The van der Waals surface area contributed by atoms with E-state index in [1.54, 1.807) is 30.4 Å². The number of rotatable bonds is 6. The Kier molecular flexibility index (Phi) is 4.38. The van der Waals surface area contributed by atoms with Gasteiger partial charge in [-0.2, -0.15) is 5.10 Å². The Labute approximate surface area is 110 Å². The van der Waals surface area contributed by atoms with E-state index < -0.39 is 0 Å². The highest BCUT2D eigenvalue weighted by molar-refractivity contribution is 5.80. The molecule has 2 heterocycles. The van der Waals surface area contributed by atoms with Gasteiger partial charge in [0.25, 0.3) is 0 Å². The van der Waals surface area contributed by atoms with Crippen LogP contribution in [-0.2, 0) is 11.2 Å². The fourth-order valence-electron chi connectivity index (χ4n) is 1.50. The smallest absolute Gasteiger partial charge is 0.239 e. The summed E-state index contributed by atoms with van der Waals surface area (Å²) in [5.74, 6) is 1.18. The van der Waals surface area contributed by atoms with Crippen LogP contribution in [0.1, 0.15) is 5.82 Å². The number of nitrogens with zero attached hydrogens (tertiary/aromatic N) is 5. The SMILES string of the molecule is CN(CC(=O)NCCc1ncn[nH]1)c1ncccn1. The van der Waals surface area contributed by atoms with Crippen molar-refractivity contribution >= 4 is 11.9 Å². The number of H-pyrrole nitrogens is 1. The molecule has 1 amide bonds. The summed E-state index contributed by atoms with van der Waals surface area (Å²) < 4.78 is 0. The number of aromatic amines is 1. The highest BCUT2D eigenvalue weighted by atomic mass is 16.2. The molecule has 0 bridgehead atoms. The molecule has 0 radical (unpaired) electrons. The molecule has 100 valence electrons. The van der Waals surface area contributed by atoms with Gasteiger partial charge in [0.2, 0.25) is 11.9 Å². The topological polar surface area (TPSA) is 99.7 Å². The van der Waals surface area contributed by atoms with E-state index in [1.165, 1.54) is 6.33 Å². The van der Waals surface area contributed by atoms with Crippen molar-refractivity contribution in [2.75, 3.05) is 25.0 Å². The molecule has 0 saturated heterocycles. The molecule has 0 spiro atoms. The van der Waals surface area contributed by atoms with Crippen LogP contribution in [-0.4, -0.2) is 51.2 Å². The molecule has 0 atom stereocenters. The highest BCUT2D eigenvalue weighted by Gasteiger charge is 2.08. The summed E-state index contributed by atoms with van der Waals surface area (Å²) in [6.07, 6.45) is 5.34. The number of likely N-dealkylation sites (N-methyl/N-ethyl adjacent to an activating group) is 1. The van der Waals surface area contributed by atoms with Crippen LogP contribution in [0.15, 0.2) is 24.8 Å². The predicted molar refractivity (Wildman–Crippen MR) is 68.4 cm³/mol. The molecule has 2 rings (SSSR count). The Hall–Kier alpha value is -2.51. The van der Waals surface area contributed by atoms with Gasteiger partial charge in [-0.15, -0.1) is 0 Å². The summed E-state index contributed by atoms with van der Waals surface area (Å²) in [4.78, 5) is 25.5. The molecule has 2 aromatic rings. The number of carbonyl (C=O) groups is 1. The van der Waals surface area contributed by atoms with E-state index in [4.69, 9.17) is 0 Å². The molecule has 0 aliphatic carbocycles. The number of hydrogen-bond donors (Lipinski definition) is 2. The van der Waals surface area contributed by atoms with Crippen molar-refractivity contribution in [3.05, 3.63) is 30.6 Å². The van der Waals surface area contributed by atoms with E-state index >= 15 is 0 Å². The van der Waals surface area contributed by atoms with Crippen molar-refractivity contribution in [3.8, 4) is 0 Å². The minimum Gasteiger partial charge on any atom is -0.354 e. The number of aromatic nitrogens is 5. The van der Waals surface area contributed by atoms with Gasteiger partial charge in [-0.3, -0.25) is 9.89 Å². The number of carbonyl (C=O) groups excluding carboxylic acids is 1. The third kappa shape index (κ3) is 4.02. The highest BCUT2D eigenvalue weighted by Crippen LogP contribution is 2.00. The van der Waals surface area contributed by atoms with Crippen LogP contribution in [0.5, 0.6) is 0 Å². The molecule has 2 N–H and O–H groups in total. The van der Waals surface area contributed by atoms with Crippen LogP contribution in [0.2, 0.25) is 0 Å². The second kappa shape index (κ2) is 6.43. The Morgan fingerprint density at radius 3 is 2.84 bits per heavy atom. The Morgan fingerprint density at radius 1 is 1.37 bits per heavy atom. The molecule has 0 aliphatic rings. The molecule has 0 aliphatic heterocycles. The Bertz CT molecular complexity index is 499. The molecule has 2 aromatic heterocycles. The lowest BCUT2D eigenvalue weighted by molar-refractivity contribution is -0.119. The largest absolute Gasteiger partial charge is 0.354 e. The monoisotopic (exact) mass is 261 g/mol. The summed E-state index contributed by atoms with van der Waals surface area (Å²) in [5, 5.41) is 9.27. The first-order valence-electron chi connectivity index (χ1n) is 5.85. The van der Waals surface area contributed by atoms with Crippen LogP contribution >= 0.6 is 0 Å². The summed E-state index contributed by atoms with van der Waals surface area (Å²) >= 11 is 0. The minimum atomic E-state index is -0.0885. The molecule has 8 nitrogen and oxygen atoms in total. The first-order chi connectivity index (χ1) is 9.25. The zero-order valence-electron chi connectivity index (χ0n) is 10.6. The van der Waals surface area contributed by atoms with Crippen molar-refractivity contribution in [1.29, 1.82) is 0 Å². The maximum Gasteiger partial charge on any atom is 0.239 e. The van der Waals surface area contributed by atoms with E-state index in [-0.39, 0.29) is 12.5 Å². The van der Waals surface area contributed by atoms with Gasteiger partial charge >= 0.3 is 0 Å². The van der Waals surface area contributed by atoms with Gasteiger partial charge in [0.15, 0.2) is 0 Å². The zero-order chi connectivity index (χ0) is 13.5. The standard InChI is InChI=1S/C11H15N7O/c1-18(11-13-4-2-5-14-11)7-10(19)12-6-3-9-15-8-16-17-9/h2,4-5,8H,3,6-7H2,1H3,(H,12,19)(H,15,16,17). The number of anilines is 1. The molecule has 0 fully saturated rings. The van der Waals surface area contributed by atoms with Gasteiger partial charge in [0.05, 0.1) is 6.54 Å². The second-order valence-electron chi connectivity index (χ2n) is 3.94. The number of hydrogen-bond acceptors (Lipinski definition) is 6. The fraction of sp³-hybridized carbons (Fsp3) is 0.364. The van der Waals surface area contributed by atoms with Crippen LogP contribution < -0.4 is 10.2 Å². The van der Waals surface area contributed by atoms with Gasteiger partial charge in [-0.05, 0) is 6.07 Å². The lowest BCUT2D eigenvalue weighted by Gasteiger charge is -2.15. The maximum atomic E-state index is 11.7. The van der Waals surface area contributed by atoms with Crippen molar-refractivity contribution in [2.24, 2.45) is 0 Å². The summed E-state index contributed by atoms with van der Waals surface area (Å²) in [6, 6.07) is 1.73. The molecule has 8 heteroatoms.